The van der Waals surface area contributed by atoms with E-state index in [0.29, 0.717) is 48.6 Å². The van der Waals surface area contributed by atoms with Crippen molar-refractivity contribution < 1.29 is 38.1 Å². The number of benzene rings is 3. The van der Waals surface area contributed by atoms with Gasteiger partial charge in [-0.1, -0.05) is 70.9 Å². The van der Waals surface area contributed by atoms with Crippen LogP contribution in [0.3, 0.4) is 0 Å². The van der Waals surface area contributed by atoms with Gasteiger partial charge in [-0.3, -0.25) is 14.4 Å². The number of fused-ring (bicyclic) bond motifs is 3. The summed E-state index contributed by atoms with van der Waals surface area (Å²) in [6, 6.07) is 15.4. The fourth-order valence-electron chi connectivity index (χ4n) is 10.5. The predicted octanol–water partition coefficient (Wildman–Crippen LogP) is 6.74. The summed E-state index contributed by atoms with van der Waals surface area (Å²) in [6.45, 7) is 8.56. The van der Waals surface area contributed by atoms with Crippen LogP contribution in [0.4, 0.5) is 9.59 Å². The SMILES string of the molecule is COC(=O)N[C@H](C(=O)N1CC2(C[C@H]1c1ncc(-c3ccc4cc(-c5ccc6c(=O)[nH]c([C@@H]7C[C@@H]8CCCC[C@@H]8N7C(=O)[C@@H](NC(=O)OC)C(C)C)nc6c5)ccc4c3)[nH]1)OCCO2)C(C)C. The third-order valence-electron chi connectivity index (χ3n) is 14.0. The molecule has 4 aliphatic rings. The van der Waals surface area contributed by atoms with E-state index < -0.39 is 42.1 Å². The Balaban J connectivity index is 0.978. The number of aromatic amines is 2. The minimum atomic E-state index is -0.959. The fraction of sp³-hybridized carbons (Fsp3) is 0.490. The quantitative estimate of drug-likeness (QED) is 0.115. The van der Waals surface area contributed by atoms with Gasteiger partial charge in [0.1, 0.15) is 23.7 Å². The van der Waals surface area contributed by atoms with Crippen molar-refractivity contribution in [3.05, 3.63) is 82.8 Å². The van der Waals surface area contributed by atoms with Crippen LogP contribution in [0.15, 0.2) is 65.6 Å². The van der Waals surface area contributed by atoms with Crippen LogP contribution < -0.4 is 16.2 Å². The summed E-state index contributed by atoms with van der Waals surface area (Å²) in [5, 5.41) is 7.90. The molecule has 3 aromatic carbocycles. The number of hydrogen-bond acceptors (Lipinski definition) is 11. The van der Waals surface area contributed by atoms with Crippen molar-refractivity contribution in [2.75, 3.05) is 34.0 Å². The highest BCUT2D eigenvalue weighted by Crippen LogP contribution is 2.47. The molecule has 4 N–H and O–H groups in total. The van der Waals surface area contributed by atoms with Crippen LogP contribution in [0, 0.1) is 17.8 Å². The Morgan fingerprint density at radius 2 is 1.39 bits per heavy atom. The molecule has 1 aliphatic carbocycles. The summed E-state index contributed by atoms with van der Waals surface area (Å²) < 4.78 is 21.8. The number of likely N-dealkylation sites (tertiary alicyclic amines) is 2. The first kappa shape index (κ1) is 44.9. The maximum absolute atomic E-state index is 14.4. The third kappa shape index (κ3) is 8.49. The highest BCUT2D eigenvalue weighted by molar-refractivity contribution is 5.92. The van der Waals surface area contributed by atoms with Gasteiger partial charge in [-0.15, -0.1) is 0 Å². The molecular formula is C49H58N8O9. The van der Waals surface area contributed by atoms with Crippen LogP contribution in [-0.4, -0.2) is 112 Å². The molecule has 2 aromatic heterocycles. The van der Waals surface area contributed by atoms with Gasteiger partial charge in [0.15, 0.2) is 5.79 Å². The van der Waals surface area contributed by atoms with Crippen molar-refractivity contribution in [3.8, 4) is 22.4 Å². The van der Waals surface area contributed by atoms with Gasteiger partial charge in [0, 0.05) is 18.0 Å². The molecule has 4 fully saturated rings. The fourth-order valence-corrected chi connectivity index (χ4v) is 10.5. The standard InChI is InChI=1S/C49H58N8O9/c1-26(2)40(53-47(61)63-5)45(59)56-25-49(65-17-18-66-49)23-39(56)42-50-24-36(52-42)32-14-13-28-19-29(11-12-30(28)20-32)31-15-16-34-35(21-31)51-43(55-44(34)58)38-22-33-9-7-8-10-37(33)57(38)46(60)41(27(3)4)54-48(62)64-6/h11-16,19-21,24,26-27,33,37-41H,7-10,17-18,22-23,25H2,1-6H3,(H,50,52)(H,53,61)(H,54,62)(H,51,55,58)/t33-,37-,38-,39-,40-,41-/m0/s1. The topological polar surface area (TPSA) is 210 Å². The summed E-state index contributed by atoms with van der Waals surface area (Å²) in [5.74, 6) is -0.536. The van der Waals surface area contributed by atoms with Crippen LogP contribution in [0.5, 0.6) is 0 Å². The molecule has 6 atom stereocenters. The number of carbonyl (C=O) groups excluding carboxylic acids is 4. The molecular weight excluding hydrogens is 845 g/mol. The van der Waals surface area contributed by atoms with Crippen molar-refractivity contribution in [2.24, 2.45) is 17.8 Å². The lowest BCUT2D eigenvalue weighted by Crippen LogP contribution is -2.54. The Morgan fingerprint density at radius 3 is 2.08 bits per heavy atom. The van der Waals surface area contributed by atoms with Crippen LogP contribution in [0.25, 0.3) is 44.1 Å². The van der Waals surface area contributed by atoms with Gasteiger partial charge >= 0.3 is 12.2 Å². The number of alkyl carbamates (subject to hydrolysis) is 2. The number of carbonyl (C=O) groups is 4. The highest BCUT2D eigenvalue weighted by atomic mass is 16.7. The Morgan fingerprint density at radius 1 is 0.773 bits per heavy atom. The second-order valence-electron chi connectivity index (χ2n) is 18.8. The Kier molecular flexibility index (Phi) is 12.3. The van der Waals surface area contributed by atoms with Gasteiger partial charge in [0.25, 0.3) is 5.56 Å². The summed E-state index contributed by atoms with van der Waals surface area (Å²) in [7, 11) is 2.55. The Labute approximate surface area is 382 Å². The highest BCUT2D eigenvalue weighted by Gasteiger charge is 2.53. The second kappa shape index (κ2) is 18.2. The molecule has 17 nitrogen and oxygen atoms in total. The van der Waals surface area contributed by atoms with E-state index in [1.54, 1.807) is 17.2 Å². The van der Waals surface area contributed by atoms with E-state index in [1.807, 2.05) is 62.9 Å². The van der Waals surface area contributed by atoms with Crippen LogP contribution in [0.1, 0.15) is 90.0 Å². The summed E-state index contributed by atoms with van der Waals surface area (Å²) in [4.78, 5) is 86.6. The Bertz CT molecular complexity index is 2730. The maximum Gasteiger partial charge on any atom is 0.407 e. The van der Waals surface area contributed by atoms with E-state index in [-0.39, 0.29) is 47.7 Å². The molecule has 5 aromatic rings. The van der Waals surface area contributed by atoms with Crippen LogP contribution in [0.2, 0.25) is 0 Å². The number of ether oxygens (including phenoxy) is 4. The minimum absolute atomic E-state index is 0.0128. The van der Waals surface area contributed by atoms with Crippen molar-refractivity contribution >= 4 is 45.7 Å². The molecule has 9 rings (SSSR count). The zero-order valence-corrected chi connectivity index (χ0v) is 38.2. The van der Waals surface area contributed by atoms with Crippen LogP contribution in [-0.2, 0) is 28.5 Å². The molecule has 5 heterocycles. The molecule has 17 heteroatoms. The van der Waals surface area contributed by atoms with Crippen LogP contribution >= 0.6 is 0 Å². The number of hydrogen-bond donors (Lipinski definition) is 4. The van der Waals surface area contributed by atoms with Gasteiger partial charge in [0.05, 0.1) is 68.9 Å². The largest absolute Gasteiger partial charge is 0.453 e. The molecule has 66 heavy (non-hydrogen) atoms. The molecule has 0 unspecified atom stereocenters. The first-order valence-electron chi connectivity index (χ1n) is 23.0. The average Bonchev–Trinajstić information content (AvgIpc) is 4.15. The first-order valence-corrected chi connectivity index (χ1v) is 23.0. The van der Waals surface area contributed by atoms with Crippen molar-refractivity contribution in [1.82, 2.24) is 40.4 Å². The summed E-state index contributed by atoms with van der Waals surface area (Å²) in [5.41, 5.74) is 3.77. The molecule has 0 bridgehead atoms. The predicted molar refractivity (Wildman–Crippen MR) is 245 cm³/mol. The second-order valence-corrected chi connectivity index (χ2v) is 18.8. The molecule has 3 aliphatic heterocycles. The van der Waals surface area contributed by atoms with Gasteiger partial charge in [-0.25, -0.2) is 19.6 Å². The van der Waals surface area contributed by atoms with E-state index in [0.717, 1.165) is 58.8 Å². The lowest BCUT2D eigenvalue weighted by molar-refractivity contribution is -0.153. The van der Waals surface area contributed by atoms with E-state index in [9.17, 15) is 24.0 Å². The number of H-pyrrole nitrogens is 2. The average molecular weight is 903 g/mol. The van der Waals surface area contributed by atoms with E-state index >= 15 is 0 Å². The number of imidazole rings is 1. The zero-order chi connectivity index (χ0) is 46.4. The summed E-state index contributed by atoms with van der Waals surface area (Å²) >= 11 is 0. The minimum Gasteiger partial charge on any atom is -0.453 e. The normalized spacial score (nSPS) is 22.2. The number of rotatable bonds is 10. The third-order valence-corrected chi connectivity index (χ3v) is 14.0. The number of nitrogens with one attached hydrogen (secondary N) is 4. The maximum atomic E-state index is 14.4. The summed E-state index contributed by atoms with van der Waals surface area (Å²) in [6.07, 6.45) is 5.40. The van der Waals surface area contributed by atoms with Gasteiger partial charge < -0.3 is 49.3 Å². The Hall–Kier alpha value is -6.33. The van der Waals surface area contributed by atoms with Crippen molar-refractivity contribution in [3.63, 3.8) is 0 Å². The molecule has 1 spiro atoms. The molecule has 3 saturated heterocycles. The van der Waals surface area contributed by atoms with Gasteiger partial charge in [-0.2, -0.15) is 0 Å². The molecule has 1 saturated carbocycles. The van der Waals surface area contributed by atoms with Gasteiger partial charge in [0.2, 0.25) is 11.8 Å². The van der Waals surface area contributed by atoms with E-state index in [2.05, 4.69) is 38.8 Å². The molecule has 348 valence electrons. The smallest absolute Gasteiger partial charge is 0.407 e. The van der Waals surface area contributed by atoms with E-state index in [1.165, 1.54) is 14.2 Å². The molecule has 4 amide bonds. The lowest BCUT2D eigenvalue weighted by Gasteiger charge is -2.37. The monoisotopic (exact) mass is 902 g/mol. The van der Waals surface area contributed by atoms with Crippen molar-refractivity contribution in [1.29, 1.82) is 0 Å². The van der Waals surface area contributed by atoms with E-state index in [4.69, 9.17) is 28.9 Å². The number of aromatic nitrogens is 4. The van der Waals surface area contributed by atoms with Gasteiger partial charge in [-0.05, 0) is 83.2 Å². The number of amides is 4. The number of nitrogens with zero attached hydrogens (tertiary/aromatic N) is 4. The zero-order valence-electron chi connectivity index (χ0n) is 38.2. The van der Waals surface area contributed by atoms with Crippen molar-refractivity contribution in [2.45, 2.75) is 102 Å². The number of methoxy groups -OCH3 is 2. The molecule has 0 radical (unpaired) electrons. The lowest BCUT2D eigenvalue weighted by atomic mass is 9.84. The first-order chi connectivity index (χ1) is 31.8.